The number of ether oxygens (including phenoxy) is 2. The van der Waals surface area contributed by atoms with Crippen molar-refractivity contribution in [3.63, 3.8) is 0 Å². The summed E-state index contributed by atoms with van der Waals surface area (Å²) in [7, 11) is 1.55. The summed E-state index contributed by atoms with van der Waals surface area (Å²) in [6.45, 7) is 6.51. The summed E-state index contributed by atoms with van der Waals surface area (Å²) in [5.41, 5.74) is 3.38. The van der Waals surface area contributed by atoms with Gasteiger partial charge in [-0.1, -0.05) is 18.2 Å². The number of hydrogen-bond acceptors (Lipinski definition) is 5. The molecule has 0 radical (unpaired) electrons. The molecule has 1 aliphatic heterocycles. The fourth-order valence-corrected chi connectivity index (χ4v) is 3.10. The third-order valence-electron chi connectivity index (χ3n) is 4.73. The first-order valence-corrected chi connectivity index (χ1v) is 8.69. The molecule has 0 saturated carbocycles. The lowest BCUT2D eigenvalue weighted by Crippen LogP contribution is -2.37. The smallest absolute Gasteiger partial charge is 0.160 e. The lowest BCUT2D eigenvalue weighted by atomic mass is 10.1. The minimum Gasteiger partial charge on any atom is -0.504 e. The largest absolute Gasteiger partial charge is 0.504 e. The Morgan fingerprint density at radius 3 is 2.52 bits per heavy atom. The zero-order valence-electron chi connectivity index (χ0n) is 14.9. The van der Waals surface area contributed by atoms with E-state index in [0.29, 0.717) is 18.3 Å². The van der Waals surface area contributed by atoms with Gasteiger partial charge in [-0.2, -0.15) is 0 Å². The monoisotopic (exact) mass is 342 g/mol. The van der Waals surface area contributed by atoms with Gasteiger partial charge < -0.3 is 19.9 Å². The van der Waals surface area contributed by atoms with Crippen molar-refractivity contribution < 1.29 is 14.6 Å². The quantitative estimate of drug-likeness (QED) is 0.843. The minimum absolute atomic E-state index is 0.163. The van der Waals surface area contributed by atoms with Crippen molar-refractivity contribution in [3.8, 4) is 11.5 Å². The number of methoxy groups -OCH3 is 1. The Morgan fingerprint density at radius 2 is 1.88 bits per heavy atom. The molecule has 5 heteroatoms. The maximum Gasteiger partial charge on any atom is 0.160 e. The van der Waals surface area contributed by atoms with Gasteiger partial charge in [0.2, 0.25) is 0 Å². The molecule has 1 fully saturated rings. The molecule has 0 unspecified atom stereocenters. The van der Waals surface area contributed by atoms with Gasteiger partial charge in [-0.15, -0.1) is 0 Å². The predicted molar refractivity (Wildman–Crippen MR) is 99.2 cm³/mol. The molecule has 1 heterocycles. The van der Waals surface area contributed by atoms with Crippen LogP contribution in [0, 0.1) is 0 Å². The van der Waals surface area contributed by atoms with Gasteiger partial charge in [0.15, 0.2) is 11.5 Å². The first kappa shape index (κ1) is 17.6. The second-order valence-corrected chi connectivity index (χ2v) is 6.31. The van der Waals surface area contributed by atoms with Gasteiger partial charge in [0, 0.05) is 31.4 Å². The van der Waals surface area contributed by atoms with E-state index in [-0.39, 0.29) is 5.75 Å². The molecule has 134 valence electrons. The Morgan fingerprint density at radius 1 is 1.16 bits per heavy atom. The van der Waals surface area contributed by atoms with E-state index in [1.807, 2.05) is 6.07 Å². The van der Waals surface area contributed by atoms with Crippen LogP contribution >= 0.6 is 0 Å². The van der Waals surface area contributed by atoms with Crippen LogP contribution in [0.1, 0.15) is 24.1 Å². The van der Waals surface area contributed by atoms with Crippen molar-refractivity contribution in [3.05, 3.63) is 53.6 Å². The molecule has 3 rings (SSSR count). The van der Waals surface area contributed by atoms with E-state index in [4.69, 9.17) is 9.47 Å². The topological polar surface area (TPSA) is 54.0 Å². The Labute approximate surface area is 149 Å². The number of hydrogen-bond donors (Lipinski definition) is 2. The molecule has 1 saturated heterocycles. The number of phenols is 1. The van der Waals surface area contributed by atoms with Crippen LogP contribution in [0.3, 0.4) is 0 Å². The van der Waals surface area contributed by atoms with Crippen molar-refractivity contribution in [2.75, 3.05) is 38.7 Å². The van der Waals surface area contributed by atoms with Gasteiger partial charge in [0.05, 0.1) is 20.3 Å². The van der Waals surface area contributed by atoms with E-state index in [0.717, 1.165) is 37.6 Å². The Bertz CT molecular complexity index is 682. The van der Waals surface area contributed by atoms with Gasteiger partial charge in [-0.3, -0.25) is 4.90 Å². The number of rotatable bonds is 6. The molecule has 0 bridgehead atoms. The average Bonchev–Trinajstić information content (AvgIpc) is 2.67. The van der Waals surface area contributed by atoms with E-state index in [1.54, 1.807) is 19.2 Å². The summed E-state index contributed by atoms with van der Waals surface area (Å²) < 4.78 is 10.5. The summed E-state index contributed by atoms with van der Waals surface area (Å²) >= 11 is 0. The highest BCUT2D eigenvalue weighted by Gasteiger charge is 2.18. The van der Waals surface area contributed by atoms with Crippen LogP contribution in [0.15, 0.2) is 42.5 Å². The third-order valence-corrected chi connectivity index (χ3v) is 4.73. The summed E-state index contributed by atoms with van der Waals surface area (Å²) in [5, 5.41) is 13.2. The first-order chi connectivity index (χ1) is 12.2. The number of morpholine rings is 1. The van der Waals surface area contributed by atoms with Crippen LogP contribution < -0.4 is 10.1 Å². The van der Waals surface area contributed by atoms with E-state index < -0.39 is 0 Å². The minimum atomic E-state index is 0.163. The number of benzene rings is 2. The molecule has 0 aliphatic carbocycles. The molecule has 0 spiro atoms. The van der Waals surface area contributed by atoms with E-state index in [1.165, 1.54) is 5.56 Å². The molecule has 1 atom stereocenters. The summed E-state index contributed by atoms with van der Waals surface area (Å²) in [4.78, 5) is 2.45. The fraction of sp³-hybridized carbons (Fsp3) is 0.400. The zero-order chi connectivity index (χ0) is 17.6. The molecule has 2 aromatic rings. The molecule has 5 nitrogen and oxygen atoms in total. The lowest BCUT2D eigenvalue weighted by molar-refractivity contribution is 0.0198. The van der Waals surface area contributed by atoms with Crippen LogP contribution in [-0.2, 0) is 11.3 Å². The van der Waals surface area contributed by atoms with Gasteiger partial charge in [0.25, 0.3) is 0 Å². The number of phenolic OH excluding ortho intramolecular Hbond substituents is 1. The van der Waals surface area contributed by atoms with Crippen molar-refractivity contribution in [2.45, 2.75) is 19.5 Å². The highest BCUT2D eigenvalue weighted by Crippen LogP contribution is 2.27. The third kappa shape index (κ3) is 4.44. The Kier molecular flexibility index (Phi) is 5.79. The van der Waals surface area contributed by atoms with Crippen molar-refractivity contribution in [1.82, 2.24) is 4.90 Å². The van der Waals surface area contributed by atoms with Crippen LogP contribution in [0.5, 0.6) is 11.5 Å². The highest BCUT2D eigenvalue weighted by atomic mass is 16.5. The number of nitrogens with zero attached hydrogens (tertiary/aromatic N) is 1. The van der Waals surface area contributed by atoms with Crippen LogP contribution in [0.2, 0.25) is 0 Å². The molecular weight excluding hydrogens is 316 g/mol. The first-order valence-electron chi connectivity index (χ1n) is 8.69. The SMILES string of the molecule is COc1ccc(CNc2ccc([C@@H](C)N3CCOCC3)cc2)cc1O. The standard InChI is InChI=1S/C20H26N2O3/c1-15(22-9-11-25-12-10-22)17-4-6-18(7-5-17)21-14-16-3-8-20(24-2)19(23)13-16/h3-8,13,15,21,23H,9-12,14H2,1-2H3/t15-/m1/s1. The van der Waals surface area contributed by atoms with Gasteiger partial charge >= 0.3 is 0 Å². The van der Waals surface area contributed by atoms with Gasteiger partial charge in [0.1, 0.15) is 0 Å². The number of aromatic hydroxyl groups is 1. The van der Waals surface area contributed by atoms with E-state index in [9.17, 15) is 5.11 Å². The zero-order valence-corrected chi connectivity index (χ0v) is 14.9. The average molecular weight is 342 g/mol. The van der Waals surface area contributed by atoms with Crippen LogP contribution in [-0.4, -0.2) is 43.4 Å². The van der Waals surface area contributed by atoms with Crippen molar-refractivity contribution >= 4 is 5.69 Å². The molecule has 25 heavy (non-hydrogen) atoms. The van der Waals surface area contributed by atoms with Crippen LogP contribution in [0.4, 0.5) is 5.69 Å². The molecule has 2 aromatic carbocycles. The van der Waals surface area contributed by atoms with E-state index >= 15 is 0 Å². The summed E-state index contributed by atoms with van der Waals surface area (Å²) in [5.74, 6) is 0.654. The molecular formula is C20H26N2O3. The van der Waals surface area contributed by atoms with Gasteiger partial charge in [-0.05, 0) is 42.3 Å². The fourth-order valence-electron chi connectivity index (χ4n) is 3.10. The van der Waals surface area contributed by atoms with Crippen LogP contribution in [0.25, 0.3) is 0 Å². The second-order valence-electron chi connectivity index (χ2n) is 6.31. The Hall–Kier alpha value is -2.24. The number of nitrogens with one attached hydrogen (secondary N) is 1. The Balaban J connectivity index is 1.58. The van der Waals surface area contributed by atoms with Crippen molar-refractivity contribution in [1.29, 1.82) is 0 Å². The number of anilines is 1. The molecule has 0 aromatic heterocycles. The normalized spacial score (nSPS) is 16.4. The molecule has 2 N–H and O–H groups in total. The lowest BCUT2D eigenvalue weighted by Gasteiger charge is -2.32. The van der Waals surface area contributed by atoms with Gasteiger partial charge in [-0.25, -0.2) is 0 Å². The molecule has 1 aliphatic rings. The summed E-state index contributed by atoms with van der Waals surface area (Å²) in [6.07, 6.45) is 0. The molecule has 0 amide bonds. The highest BCUT2D eigenvalue weighted by molar-refractivity contribution is 5.47. The predicted octanol–water partition coefficient (Wildman–Crippen LogP) is 3.41. The maximum absolute atomic E-state index is 9.84. The van der Waals surface area contributed by atoms with E-state index in [2.05, 4.69) is 41.4 Å². The summed E-state index contributed by atoms with van der Waals surface area (Å²) in [6, 6.07) is 14.4. The maximum atomic E-state index is 9.84. The van der Waals surface area contributed by atoms with Crippen molar-refractivity contribution in [2.24, 2.45) is 0 Å². The second kappa shape index (κ2) is 8.23.